The van der Waals surface area contributed by atoms with E-state index in [0.717, 1.165) is 0 Å². The van der Waals surface area contributed by atoms with E-state index in [1.807, 2.05) is 30.3 Å². The van der Waals surface area contributed by atoms with E-state index in [1.165, 1.54) is 13.3 Å². The van der Waals surface area contributed by atoms with E-state index in [1.54, 1.807) is 61.2 Å². The molecule has 1 atom stereocenters. The molecule has 0 unspecified atom stereocenters. The number of anilines is 3. The molecule has 2 heterocycles. The van der Waals surface area contributed by atoms with Crippen LogP contribution in [-0.2, 0) is 4.79 Å². The van der Waals surface area contributed by atoms with Crippen molar-refractivity contribution >= 4 is 40.6 Å². The summed E-state index contributed by atoms with van der Waals surface area (Å²) in [6.07, 6.45) is 1.48. The maximum absolute atomic E-state index is 13.8. The Kier molecular flexibility index (Phi) is 7.25. The first-order valence-electron chi connectivity index (χ1n) is 12.1. The van der Waals surface area contributed by atoms with Crippen LogP contribution in [0.1, 0.15) is 28.9 Å². The Labute approximate surface area is 230 Å². The Morgan fingerprint density at radius 1 is 0.897 bits per heavy atom. The predicted octanol–water partition coefficient (Wildman–Crippen LogP) is 5.73. The van der Waals surface area contributed by atoms with Crippen molar-refractivity contribution in [1.29, 1.82) is 0 Å². The zero-order chi connectivity index (χ0) is 27.5. The molecule has 5 rings (SSSR count). The Hall–Kier alpha value is -4.76. The van der Waals surface area contributed by atoms with Crippen LogP contribution >= 0.6 is 11.6 Å². The van der Waals surface area contributed by atoms with Crippen LogP contribution < -0.4 is 25.4 Å². The van der Waals surface area contributed by atoms with E-state index in [0.29, 0.717) is 56.1 Å². The third-order valence-corrected chi connectivity index (χ3v) is 6.63. The number of carbonyl (C=O) groups excluding carboxylic acids is 2. The fourth-order valence-electron chi connectivity index (χ4n) is 4.58. The third-order valence-electron chi connectivity index (χ3n) is 6.37. The molecule has 0 radical (unpaired) electrons. The van der Waals surface area contributed by atoms with Crippen LogP contribution in [0.4, 0.5) is 17.2 Å². The van der Waals surface area contributed by atoms with Crippen LogP contribution in [0.2, 0.25) is 5.02 Å². The number of fused-ring (bicyclic) bond motifs is 1. The van der Waals surface area contributed by atoms with Gasteiger partial charge in [-0.25, -0.2) is 4.68 Å². The summed E-state index contributed by atoms with van der Waals surface area (Å²) < 4.78 is 12.9. The summed E-state index contributed by atoms with van der Waals surface area (Å²) in [6, 6.07) is 20.7. The Morgan fingerprint density at radius 3 is 2.28 bits per heavy atom. The van der Waals surface area contributed by atoms with E-state index in [4.69, 9.17) is 21.1 Å². The molecule has 0 spiro atoms. The number of nitrogens with zero attached hydrogens (tertiary/aromatic N) is 2. The first-order valence-corrected chi connectivity index (χ1v) is 12.5. The van der Waals surface area contributed by atoms with Crippen LogP contribution in [-0.4, -0.2) is 35.8 Å². The van der Waals surface area contributed by atoms with Crippen molar-refractivity contribution in [3.05, 3.63) is 106 Å². The lowest BCUT2D eigenvalue weighted by molar-refractivity contribution is -0.113. The number of hydrogen-bond acceptors (Lipinski definition) is 6. The van der Waals surface area contributed by atoms with Crippen LogP contribution in [0.3, 0.4) is 0 Å². The van der Waals surface area contributed by atoms with Gasteiger partial charge in [0.15, 0.2) is 11.5 Å². The van der Waals surface area contributed by atoms with Crippen molar-refractivity contribution in [3.8, 4) is 11.5 Å². The highest BCUT2D eigenvalue weighted by Crippen LogP contribution is 2.44. The molecule has 1 aromatic heterocycles. The van der Waals surface area contributed by atoms with E-state index >= 15 is 0 Å². The van der Waals surface area contributed by atoms with E-state index < -0.39 is 6.04 Å². The average molecular weight is 544 g/mol. The number of para-hydroxylation sites is 2. The number of benzene rings is 3. The fourth-order valence-corrected chi connectivity index (χ4v) is 4.71. The summed E-state index contributed by atoms with van der Waals surface area (Å²) in [5.41, 5.74) is 3.13. The van der Waals surface area contributed by atoms with Gasteiger partial charge in [0.25, 0.3) is 11.8 Å². The average Bonchev–Trinajstić information content (AvgIpc) is 3.37. The van der Waals surface area contributed by atoms with E-state index in [2.05, 4.69) is 21.0 Å². The van der Waals surface area contributed by atoms with Gasteiger partial charge >= 0.3 is 0 Å². The van der Waals surface area contributed by atoms with Gasteiger partial charge in [0.1, 0.15) is 17.4 Å². The quantitative estimate of drug-likeness (QED) is 0.275. The van der Waals surface area contributed by atoms with Crippen molar-refractivity contribution in [1.82, 2.24) is 9.78 Å². The Balaban J connectivity index is 1.61. The van der Waals surface area contributed by atoms with Crippen LogP contribution in [0.25, 0.3) is 0 Å². The molecule has 2 amide bonds. The number of carbonyl (C=O) groups is 2. The standard InChI is InChI=1S/C29H26ClN5O4/c1-17-24(29(37)34-20-14-12-18(30)13-15-20)25(21-10-7-11-23(38-2)26(21)39-3)35-27(32-17)22(16-31-35)28(36)33-19-8-5-4-6-9-19/h4-16,25,32H,1-3H3,(H,33,36)(H,34,37)/t25-/m1/s1. The lowest BCUT2D eigenvalue weighted by Crippen LogP contribution is -2.32. The van der Waals surface area contributed by atoms with Crippen molar-refractivity contribution < 1.29 is 19.1 Å². The minimum atomic E-state index is -0.739. The number of allylic oxidation sites excluding steroid dienone is 1. The summed E-state index contributed by atoms with van der Waals surface area (Å²) in [4.78, 5) is 27.0. The molecule has 0 fully saturated rings. The van der Waals surface area contributed by atoms with Gasteiger partial charge in [-0.15, -0.1) is 0 Å². The highest BCUT2D eigenvalue weighted by molar-refractivity contribution is 6.30. The van der Waals surface area contributed by atoms with Gasteiger partial charge in [0.2, 0.25) is 0 Å². The largest absolute Gasteiger partial charge is 0.493 e. The molecule has 198 valence electrons. The van der Waals surface area contributed by atoms with Gasteiger partial charge < -0.3 is 25.4 Å². The number of hydrogen-bond donors (Lipinski definition) is 3. The number of methoxy groups -OCH3 is 2. The highest BCUT2D eigenvalue weighted by Gasteiger charge is 2.37. The molecule has 0 saturated heterocycles. The topological polar surface area (TPSA) is 107 Å². The van der Waals surface area contributed by atoms with Crippen molar-refractivity contribution in [2.75, 3.05) is 30.2 Å². The lowest BCUT2D eigenvalue weighted by Gasteiger charge is -2.31. The molecule has 3 aromatic carbocycles. The number of nitrogens with one attached hydrogen (secondary N) is 3. The second kappa shape index (κ2) is 10.9. The molecule has 0 aliphatic carbocycles. The zero-order valence-corrected chi connectivity index (χ0v) is 22.2. The normalized spacial score (nSPS) is 14.2. The second-order valence-corrected chi connectivity index (χ2v) is 9.22. The van der Waals surface area contributed by atoms with Gasteiger partial charge in [-0.05, 0) is 49.4 Å². The maximum atomic E-state index is 13.8. The highest BCUT2D eigenvalue weighted by atomic mass is 35.5. The fraction of sp³-hybridized carbons (Fsp3) is 0.138. The van der Waals surface area contributed by atoms with E-state index in [9.17, 15) is 9.59 Å². The predicted molar refractivity (Wildman–Crippen MR) is 151 cm³/mol. The minimum Gasteiger partial charge on any atom is -0.493 e. The van der Waals surface area contributed by atoms with Gasteiger partial charge in [0, 0.05) is 27.7 Å². The van der Waals surface area contributed by atoms with Gasteiger partial charge in [0.05, 0.1) is 26.0 Å². The third kappa shape index (κ3) is 5.04. The van der Waals surface area contributed by atoms with Crippen LogP contribution in [0.15, 0.2) is 90.3 Å². The van der Waals surface area contributed by atoms with Gasteiger partial charge in [-0.3, -0.25) is 9.59 Å². The van der Waals surface area contributed by atoms with E-state index in [-0.39, 0.29) is 11.8 Å². The number of amides is 2. The van der Waals surface area contributed by atoms with Crippen molar-refractivity contribution in [2.45, 2.75) is 13.0 Å². The summed E-state index contributed by atoms with van der Waals surface area (Å²) in [6.45, 7) is 1.78. The Morgan fingerprint density at radius 2 is 1.59 bits per heavy atom. The van der Waals surface area contributed by atoms with Crippen molar-refractivity contribution in [3.63, 3.8) is 0 Å². The summed E-state index contributed by atoms with van der Waals surface area (Å²) in [5.74, 6) is 0.702. The number of halogens is 1. The zero-order valence-electron chi connectivity index (χ0n) is 21.5. The summed E-state index contributed by atoms with van der Waals surface area (Å²) in [5, 5.41) is 14.2. The number of rotatable bonds is 7. The minimum absolute atomic E-state index is 0.322. The number of aromatic nitrogens is 2. The first-order chi connectivity index (χ1) is 18.9. The van der Waals surface area contributed by atoms with Gasteiger partial charge in [-0.2, -0.15) is 5.10 Å². The second-order valence-electron chi connectivity index (χ2n) is 8.78. The molecule has 4 aromatic rings. The molecule has 1 aliphatic rings. The summed E-state index contributed by atoms with van der Waals surface area (Å²) in [7, 11) is 3.08. The van der Waals surface area contributed by atoms with Crippen LogP contribution in [0.5, 0.6) is 11.5 Å². The molecule has 0 bridgehead atoms. The summed E-state index contributed by atoms with van der Waals surface area (Å²) >= 11 is 6.02. The Bertz CT molecular complexity index is 1560. The lowest BCUT2D eigenvalue weighted by atomic mass is 9.93. The smallest absolute Gasteiger partial charge is 0.261 e. The maximum Gasteiger partial charge on any atom is 0.261 e. The molecule has 3 N–H and O–H groups in total. The van der Waals surface area contributed by atoms with Crippen molar-refractivity contribution in [2.24, 2.45) is 0 Å². The number of ether oxygens (including phenoxy) is 2. The molecule has 0 saturated carbocycles. The monoisotopic (exact) mass is 543 g/mol. The molecule has 9 nitrogen and oxygen atoms in total. The molecular formula is C29H26ClN5O4. The molecule has 10 heteroatoms. The SMILES string of the molecule is COc1cccc([C@@H]2C(C(=O)Nc3ccc(Cl)cc3)=C(C)Nc3c(C(=O)Nc4ccccc4)cnn32)c1OC. The first kappa shape index (κ1) is 25.9. The van der Waals surface area contributed by atoms with Crippen LogP contribution in [0, 0.1) is 0 Å². The van der Waals surface area contributed by atoms with Gasteiger partial charge in [-0.1, -0.05) is 41.9 Å². The molecular weight excluding hydrogens is 518 g/mol. The molecule has 1 aliphatic heterocycles. The molecule has 39 heavy (non-hydrogen) atoms.